The lowest BCUT2D eigenvalue weighted by Crippen LogP contribution is -2.48. The summed E-state index contributed by atoms with van der Waals surface area (Å²) in [6.07, 6.45) is 2.57. The molecule has 2 heterocycles. The van der Waals surface area contributed by atoms with Crippen molar-refractivity contribution in [3.8, 4) is 0 Å². The Morgan fingerprint density at radius 3 is 2.70 bits per heavy atom. The molecule has 0 spiro atoms. The highest BCUT2D eigenvalue weighted by molar-refractivity contribution is 7.14. The van der Waals surface area contributed by atoms with Crippen LogP contribution < -0.4 is 5.73 Å². The van der Waals surface area contributed by atoms with Crippen LogP contribution in [0.1, 0.15) is 46.8 Å². The van der Waals surface area contributed by atoms with Gasteiger partial charge >= 0.3 is 0 Å². The number of piperidine rings is 1. The molecule has 2 rings (SSSR count). The average molecular weight is 294 g/mol. The molecule has 5 heteroatoms. The predicted molar refractivity (Wildman–Crippen MR) is 80.9 cm³/mol. The van der Waals surface area contributed by atoms with E-state index < -0.39 is 0 Å². The summed E-state index contributed by atoms with van der Waals surface area (Å²) >= 11 is 1.57. The number of nitrogens with two attached hydrogens (primary N) is 1. The zero-order valence-corrected chi connectivity index (χ0v) is 13.1. The number of hydrogen-bond donors (Lipinski definition) is 1. The van der Waals surface area contributed by atoms with Crippen LogP contribution in [0.5, 0.6) is 0 Å². The molecular weight excluding hydrogens is 272 g/mol. The molecule has 2 amide bonds. The van der Waals surface area contributed by atoms with Crippen LogP contribution >= 0.6 is 11.3 Å². The van der Waals surface area contributed by atoms with Crippen molar-refractivity contribution in [1.82, 2.24) is 4.90 Å². The van der Waals surface area contributed by atoms with Crippen molar-refractivity contribution in [2.24, 2.45) is 11.7 Å². The van der Waals surface area contributed by atoms with Crippen molar-refractivity contribution in [2.45, 2.75) is 46.1 Å². The van der Waals surface area contributed by atoms with E-state index in [1.165, 1.54) is 10.4 Å². The number of likely N-dealkylation sites (tertiary alicyclic amines) is 1. The molecule has 1 aliphatic rings. The van der Waals surface area contributed by atoms with Crippen LogP contribution in [0.25, 0.3) is 0 Å². The Labute approximate surface area is 124 Å². The second kappa shape index (κ2) is 5.95. The van der Waals surface area contributed by atoms with E-state index in [2.05, 4.69) is 6.92 Å². The topological polar surface area (TPSA) is 63.4 Å². The smallest absolute Gasteiger partial charge is 0.264 e. The molecule has 0 saturated carbocycles. The van der Waals surface area contributed by atoms with Gasteiger partial charge in [0.15, 0.2) is 0 Å². The third kappa shape index (κ3) is 2.87. The summed E-state index contributed by atoms with van der Waals surface area (Å²) in [4.78, 5) is 27.8. The van der Waals surface area contributed by atoms with Crippen molar-refractivity contribution in [1.29, 1.82) is 0 Å². The first-order valence-electron chi connectivity index (χ1n) is 7.13. The fourth-order valence-electron chi connectivity index (χ4n) is 2.74. The Kier molecular flexibility index (Phi) is 4.48. The van der Waals surface area contributed by atoms with Gasteiger partial charge in [-0.1, -0.05) is 6.92 Å². The number of hydrogen-bond acceptors (Lipinski definition) is 3. The van der Waals surface area contributed by atoms with Crippen LogP contribution in [0.3, 0.4) is 0 Å². The minimum atomic E-state index is -0.300. The van der Waals surface area contributed by atoms with E-state index in [-0.39, 0.29) is 23.8 Å². The van der Waals surface area contributed by atoms with E-state index in [4.69, 9.17) is 5.73 Å². The summed E-state index contributed by atoms with van der Waals surface area (Å²) in [6.45, 7) is 6.63. The number of aryl methyl sites for hydroxylation is 2. The molecule has 0 radical (unpaired) electrons. The maximum atomic E-state index is 12.6. The maximum absolute atomic E-state index is 12.6. The summed E-state index contributed by atoms with van der Waals surface area (Å²) < 4.78 is 0. The molecule has 0 aliphatic carbocycles. The second-order valence-corrected chi connectivity index (χ2v) is 6.69. The molecule has 2 N–H and O–H groups in total. The monoisotopic (exact) mass is 294 g/mol. The van der Waals surface area contributed by atoms with Gasteiger partial charge in [-0.3, -0.25) is 9.59 Å². The number of amides is 2. The number of primary amides is 1. The van der Waals surface area contributed by atoms with Crippen molar-refractivity contribution in [2.75, 3.05) is 6.54 Å². The van der Waals surface area contributed by atoms with Crippen molar-refractivity contribution >= 4 is 23.2 Å². The van der Waals surface area contributed by atoms with Crippen molar-refractivity contribution in [3.63, 3.8) is 0 Å². The zero-order valence-electron chi connectivity index (χ0n) is 12.3. The number of carbonyl (C=O) groups excluding carboxylic acids is 2. The van der Waals surface area contributed by atoms with Crippen molar-refractivity contribution < 1.29 is 9.59 Å². The quantitative estimate of drug-likeness (QED) is 0.930. The van der Waals surface area contributed by atoms with Crippen LogP contribution in [0.4, 0.5) is 0 Å². The molecule has 1 aromatic heterocycles. The third-order valence-electron chi connectivity index (χ3n) is 4.10. The molecule has 20 heavy (non-hydrogen) atoms. The molecular formula is C15H22N2O2S. The molecule has 0 bridgehead atoms. The fourth-order valence-corrected chi connectivity index (χ4v) is 3.81. The van der Waals surface area contributed by atoms with E-state index in [0.29, 0.717) is 6.54 Å². The second-order valence-electron chi connectivity index (χ2n) is 5.55. The van der Waals surface area contributed by atoms with Gasteiger partial charge in [0.1, 0.15) is 0 Å². The molecule has 110 valence electrons. The molecule has 1 aliphatic heterocycles. The Morgan fingerprint density at radius 2 is 2.15 bits per heavy atom. The number of rotatable bonds is 3. The fraction of sp³-hybridized carbons (Fsp3) is 0.600. The van der Waals surface area contributed by atoms with E-state index in [1.807, 2.05) is 24.8 Å². The zero-order chi connectivity index (χ0) is 14.9. The predicted octanol–water partition coefficient (Wildman–Crippen LogP) is 2.34. The lowest BCUT2D eigenvalue weighted by molar-refractivity contribution is -0.123. The Balaban J connectivity index is 2.19. The SMILES string of the molecule is CCc1sc(C(=O)N2C[C@H](C(N)=O)CC[C@H]2C)cc1C. The minimum Gasteiger partial charge on any atom is -0.369 e. The molecule has 1 fully saturated rings. The highest BCUT2D eigenvalue weighted by Gasteiger charge is 2.32. The summed E-state index contributed by atoms with van der Waals surface area (Å²) in [5.41, 5.74) is 6.57. The highest BCUT2D eigenvalue weighted by Crippen LogP contribution is 2.28. The first-order valence-corrected chi connectivity index (χ1v) is 7.95. The first-order chi connectivity index (χ1) is 9.43. The van der Waals surface area contributed by atoms with E-state index in [0.717, 1.165) is 24.1 Å². The molecule has 1 aromatic rings. The van der Waals surface area contributed by atoms with E-state index in [9.17, 15) is 9.59 Å². The number of carbonyl (C=O) groups is 2. The maximum Gasteiger partial charge on any atom is 0.264 e. The highest BCUT2D eigenvalue weighted by atomic mass is 32.1. The van der Waals surface area contributed by atoms with Gasteiger partial charge in [0, 0.05) is 17.5 Å². The standard InChI is InChI=1S/C15H22N2O2S/c1-4-12-9(2)7-13(20-12)15(19)17-8-11(14(16)18)6-5-10(17)3/h7,10-11H,4-6,8H2,1-3H3,(H2,16,18)/t10-,11-/m1/s1. The van der Waals surface area contributed by atoms with Gasteiger partial charge in [-0.2, -0.15) is 0 Å². The molecule has 4 nitrogen and oxygen atoms in total. The summed E-state index contributed by atoms with van der Waals surface area (Å²) in [7, 11) is 0. The molecule has 0 aromatic carbocycles. The summed E-state index contributed by atoms with van der Waals surface area (Å²) in [5.74, 6) is -0.468. The summed E-state index contributed by atoms with van der Waals surface area (Å²) in [6, 6.07) is 2.14. The largest absolute Gasteiger partial charge is 0.369 e. The molecule has 0 unspecified atom stereocenters. The van der Waals surface area contributed by atoms with Gasteiger partial charge in [0.2, 0.25) is 5.91 Å². The number of thiophene rings is 1. The first kappa shape index (κ1) is 15.0. The van der Waals surface area contributed by atoms with E-state index in [1.54, 1.807) is 11.3 Å². The third-order valence-corrected chi connectivity index (χ3v) is 5.47. The van der Waals surface area contributed by atoms with Gasteiger partial charge in [0.05, 0.1) is 10.8 Å². The van der Waals surface area contributed by atoms with E-state index >= 15 is 0 Å². The number of nitrogens with zero attached hydrogens (tertiary/aromatic N) is 1. The van der Waals surface area contributed by atoms with Crippen LogP contribution in [0.2, 0.25) is 0 Å². The van der Waals surface area contributed by atoms with Gasteiger partial charge in [-0.05, 0) is 44.7 Å². The Morgan fingerprint density at radius 1 is 1.45 bits per heavy atom. The van der Waals surface area contributed by atoms with Crippen molar-refractivity contribution in [3.05, 3.63) is 21.4 Å². The Bertz CT molecular complexity index is 524. The van der Waals surface area contributed by atoms with Gasteiger partial charge in [-0.25, -0.2) is 0 Å². The lowest BCUT2D eigenvalue weighted by atomic mass is 9.93. The van der Waals surface area contributed by atoms with Crippen LogP contribution in [-0.2, 0) is 11.2 Å². The normalized spacial score (nSPS) is 22.9. The van der Waals surface area contributed by atoms with Crippen LogP contribution in [-0.4, -0.2) is 29.3 Å². The van der Waals surface area contributed by atoms with Gasteiger partial charge in [-0.15, -0.1) is 11.3 Å². The van der Waals surface area contributed by atoms with Gasteiger partial charge < -0.3 is 10.6 Å². The minimum absolute atomic E-state index is 0.0382. The van der Waals surface area contributed by atoms with Crippen LogP contribution in [0, 0.1) is 12.8 Å². The summed E-state index contributed by atoms with van der Waals surface area (Å²) in [5, 5.41) is 0. The van der Waals surface area contributed by atoms with Gasteiger partial charge in [0.25, 0.3) is 5.91 Å². The lowest BCUT2D eigenvalue weighted by Gasteiger charge is -2.36. The van der Waals surface area contributed by atoms with Crippen LogP contribution in [0.15, 0.2) is 6.07 Å². The molecule has 1 saturated heterocycles. The Hall–Kier alpha value is -1.36. The molecule has 2 atom stereocenters. The average Bonchev–Trinajstić information content (AvgIpc) is 2.79.